The number of ether oxygens (including phenoxy) is 1. The minimum Gasteiger partial charge on any atom is -0.453 e. The lowest BCUT2D eigenvalue weighted by atomic mass is 9.81. The van der Waals surface area contributed by atoms with E-state index in [1.54, 1.807) is 16.7 Å². The molecular weight excluding hydrogens is 442 g/mol. The number of hydrogen-bond acceptors (Lipinski definition) is 6. The molecule has 5 N–H and O–H groups in total. The van der Waals surface area contributed by atoms with E-state index < -0.39 is 22.9 Å². The summed E-state index contributed by atoms with van der Waals surface area (Å²) in [5.74, 6) is 0.390. The van der Waals surface area contributed by atoms with E-state index in [4.69, 9.17) is 15.9 Å². The summed E-state index contributed by atoms with van der Waals surface area (Å²) in [7, 11) is 1.27. The molecule has 33 heavy (non-hydrogen) atoms. The molecular formula is C23H41N5O4S. The van der Waals surface area contributed by atoms with Gasteiger partial charge in [0.15, 0.2) is 0 Å². The summed E-state index contributed by atoms with van der Waals surface area (Å²) in [5, 5.41) is 13.6. The monoisotopic (exact) mass is 483 g/mol. The van der Waals surface area contributed by atoms with Gasteiger partial charge in [-0.2, -0.15) is 11.8 Å². The molecule has 188 valence electrons. The van der Waals surface area contributed by atoms with Crippen LogP contribution >= 0.6 is 11.8 Å². The number of methoxy groups -OCH3 is 1. The molecule has 2 fully saturated rings. The Morgan fingerprint density at radius 2 is 1.82 bits per heavy atom. The number of hydrogen-bond donors (Lipinski definition) is 4. The van der Waals surface area contributed by atoms with E-state index in [0.29, 0.717) is 25.4 Å². The number of rotatable bonds is 9. The fraction of sp³-hybridized carbons (Fsp3) is 0.826. The third-order valence-corrected chi connectivity index (χ3v) is 7.93. The zero-order chi connectivity index (χ0) is 24.8. The van der Waals surface area contributed by atoms with Gasteiger partial charge in [0.25, 0.3) is 0 Å². The fourth-order valence-corrected chi connectivity index (χ4v) is 6.41. The van der Waals surface area contributed by atoms with Gasteiger partial charge in [-0.3, -0.25) is 15.0 Å². The van der Waals surface area contributed by atoms with E-state index in [1.807, 2.05) is 27.7 Å². The average molecular weight is 484 g/mol. The molecule has 0 aromatic rings. The summed E-state index contributed by atoms with van der Waals surface area (Å²) < 4.78 is 4.18. The highest BCUT2D eigenvalue weighted by Crippen LogP contribution is 2.34. The average Bonchev–Trinajstić information content (AvgIpc) is 3.24. The second kappa shape index (κ2) is 11.9. The van der Waals surface area contributed by atoms with Crippen LogP contribution in [0.1, 0.15) is 66.2 Å². The number of nitrogens with one attached hydrogen (secondary N) is 3. The SMILES string of the molecule is COC(=O)N[C@@H](C(=O)N1CCC[C@H]1C(=O)NC[C@H]1CC[C@H](C(=N)N)CC1)C(C)(C)SC(C)C. The minimum atomic E-state index is -0.812. The summed E-state index contributed by atoms with van der Waals surface area (Å²) in [4.78, 5) is 40.2. The van der Waals surface area contributed by atoms with Crippen LogP contribution in [0.4, 0.5) is 4.79 Å². The van der Waals surface area contributed by atoms with Crippen molar-refractivity contribution in [1.29, 1.82) is 5.41 Å². The first-order valence-corrected chi connectivity index (χ1v) is 12.8. The van der Waals surface area contributed by atoms with Crippen LogP contribution in [0, 0.1) is 17.2 Å². The zero-order valence-corrected chi connectivity index (χ0v) is 21.4. The van der Waals surface area contributed by atoms with Gasteiger partial charge in [-0.25, -0.2) is 4.79 Å². The number of amidine groups is 1. The van der Waals surface area contributed by atoms with E-state index in [2.05, 4.69) is 10.6 Å². The molecule has 0 unspecified atom stereocenters. The molecule has 0 bridgehead atoms. The Hall–Kier alpha value is -1.97. The highest BCUT2D eigenvalue weighted by atomic mass is 32.2. The normalized spacial score (nSPS) is 24.3. The molecule has 1 saturated carbocycles. The number of alkyl carbamates (subject to hydrolysis) is 1. The molecule has 0 spiro atoms. The molecule has 0 aromatic carbocycles. The predicted octanol–water partition coefficient (Wildman–Crippen LogP) is 2.48. The largest absolute Gasteiger partial charge is 0.453 e. The van der Waals surface area contributed by atoms with Crippen LogP contribution in [-0.4, -0.2) is 70.9 Å². The fourth-order valence-electron chi connectivity index (χ4n) is 4.89. The summed E-state index contributed by atoms with van der Waals surface area (Å²) in [6.07, 6.45) is 4.33. The van der Waals surface area contributed by atoms with E-state index in [1.165, 1.54) is 7.11 Å². The van der Waals surface area contributed by atoms with Crippen LogP contribution in [-0.2, 0) is 14.3 Å². The maximum atomic E-state index is 13.6. The summed E-state index contributed by atoms with van der Waals surface area (Å²) in [6, 6.07) is -1.35. The molecule has 1 aliphatic carbocycles. The van der Waals surface area contributed by atoms with Gasteiger partial charge in [0, 0.05) is 23.8 Å². The lowest BCUT2D eigenvalue weighted by Crippen LogP contribution is -2.60. The van der Waals surface area contributed by atoms with Crippen LogP contribution in [0.5, 0.6) is 0 Å². The number of thioether (sulfide) groups is 1. The second-order valence-corrected chi connectivity index (χ2v) is 12.2. The summed E-state index contributed by atoms with van der Waals surface area (Å²) >= 11 is 1.60. The molecule has 3 amide bonds. The third kappa shape index (κ3) is 7.52. The third-order valence-electron chi connectivity index (χ3n) is 6.62. The van der Waals surface area contributed by atoms with Crippen molar-refractivity contribution in [3.63, 3.8) is 0 Å². The van der Waals surface area contributed by atoms with Crippen molar-refractivity contribution in [2.45, 2.75) is 88.3 Å². The predicted molar refractivity (Wildman–Crippen MR) is 131 cm³/mol. The number of nitrogens with two attached hydrogens (primary N) is 1. The van der Waals surface area contributed by atoms with E-state index in [9.17, 15) is 14.4 Å². The Bertz CT molecular complexity index is 722. The second-order valence-electron chi connectivity index (χ2n) is 9.95. The minimum absolute atomic E-state index is 0.138. The van der Waals surface area contributed by atoms with Crippen molar-refractivity contribution in [3.8, 4) is 0 Å². The van der Waals surface area contributed by atoms with Crippen molar-refractivity contribution < 1.29 is 19.1 Å². The van der Waals surface area contributed by atoms with Gasteiger partial charge in [0.2, 0.25) is 11.8 Å². The zero-order valence-electron chi connectivity index (χ0n) is 20.6. The molecule has 1 aliphatic heterocycles. The van der Waals surface area contributed by atoms with Gasteiger partial charge in [-0.15, -0.1) is 0 Å². The summed E-state index contributed by atoms with van der Waals surface area (Å²) in [5.41, 5.74) is 5.62. The Morgan fingerprint density at radius 3 is 2.36 bits per heavy atom. The van der Waals surface area contributed by atoms with Gasteiger partial charge >= 0.3 is 6.09 Å². The van der Waals surface area contributed by atoms with E-state index in [0.717, 1.165) is 32.1 Å². The van der Waals surface area contributed by atoms with Crippen LogP contribution in [0.2, 0.25) is 0 Å². The highest BCUT2D eigenvalue weighted by molar-refractivity contribution is 8.01. The number of carbonyl (C=O) groups excluding carboxylic acids is 3. The standard InChI is InChI=1S/C23H41N5O4S/c1-14(2)33-23(3,4)18(27-22(31)32-5)21(30)28-12-6-7-17(28)20(29)26-13-15-8-10-16(11-9-15)19(24)25/h14-18H,6-13H2,1-5H3,(H3,24,25)(H,26,29)(H,27,31)/t15-,16-,17-,18-/m0/s1. The van der Waals surface area contributed by atoms with Gasteiger partial charge in [0.05, 0.1) is 12.9 Å². The smallest absolute Gasteiger partial charge is 0.407 e. The molecule has 9 nitrogen and oxygen atoms in total. The molecule has 0 aromatic heterocycles. The molecule has 10 heteroatoms. The molecule has 2 atom stereocenters. The first-order chi connectivity index (χ1) is 15.5. The summed E-state index contributed by atoms with van der Waals surface area (Å²) in [6.45, 7) is 9.00. The van der Waals surface area contributed by atoms with Crippen LogP contribution in [0.15, 0.2) is 0 Å². The Labute approximate surface area is 201 Å². The molecule has 1 saturated heterocycles. The van der Waals surface area contributed by atoms with Gasteiger partial charge < -0.3 is 26.0 Å². The van der Waals surface area contributed by atoms with Crippen molar-refractivity contribution >= 4 is 35.5 Å². The van der Waals surface area contributed by atoms with E-state index >= 15 is 0 Å². The Balaban J connectivity index is 2.03. The Kier molecular flexibility index (Phi) is 9.87. The first-order valence-electron chi connectivity index (χ1n) is 11.9. The van der Waals surface area contributed by atoms with Crippen LogP contribution in [0.25, 0.3) is 0 Å². The first kappa shape index (κ1) is 27.3. The highest BCUT2D eigenvalue weighted by Gasteiger charge is 2.44. The van der Waals surface area contributed by atoms with Gasteiger partial charge in [-0.05, 0) is 63.5 Å². The number of likely N-dealkylation sites (tertiary alicyclic amines) is 1. The topological polar surface area (TPSA) is 138 Å². The number of nitrogens with zero attached hydrogens (tertiary/aromatic N) is 1. The lowest BCUT2D eigenvalue weighted by molar-refractivity contribution is -0.140. The van der Waals surface area contributed by atoms with Gasteiger partial charge in [-0.1, -0.05) is 13.8 Å². The molecule has 0 radical (unpaired) electrons. The van der Waals surface area contributed by atoms with Gasteiger partial charge in [0.1, 0.15) is 12.1 Å². The quantitative estimate of drug-likeness (QED) is 0.294. The molecule has 2 rings (SSSR count). The van der Waals surface area contributed by atoms with Crippen molar-refractivity contribution in [2.24, 2.45) is 17.6 Å². The van der Waals surface area contributed by atoms with Crippen molar-refractivity contribution in [1.82, 2.24) is 15.5 Å². The number of carbonyl (C=O) groups is 3. The Morgan fingerprint density at radius 1 is 1.18 bits per heavy atom. The molecule has 2 aliphatic rings. The molecule has 1 heterocycles. The van der Waals surface area contributed by atoms with Crippen molar-refractivity contribution in [2.75, 3.05) is 20.2 Å². The van der Waals surface area contributed by atoms with Crippen LogP contribution < -0.4 is 16.4 Å². The maximum Gasteiger partial charge on any atom is 0.407 e. The lowest BCUT2D eigenvalue weighted by Gasteiger charge is -2.38. The van der Waals surface area contributed by atoms with E-state index in [-0.39, 0.29) is 28.8 Å². The maximum absolute atomic E-state index is 13.6. The van der Waals surface area contributed by atoms with Crippen LogP contribution in [0.3, 0.4) is 0 Å². The number of amides is 3. The van der Waals surface area contributed by atoms with Crippen molar-refractivity contribution in [3.05, 3.63) is 0 Å².